The summed E-state index contributed by atoms with van der Waals surface area (Å²) in [6, 6.07) is 0. The molecule has 0 atom stereocenters. The maximum Gasteiger partial charge on any atom is 0.187 e. The van der Waals surface area contributed by atoms with Crippen molar-refractivity contribution in [3.05, 3.63) is 6.92 Å². The second-order valence-electron chi connectivity index (χ2n) is 0. The van der Waals surface area contributed by atoms with Crippen LogP contribution < -0.4 is 0 Å². The SMILES string of the molecule is [AlH3].[CH2]C.[Ti]. The Balaban J connectivity index is -0.00000000500. The summed E-state index contributed by atoms with van der Waals surface area (Å²) < 4.78 is 0. The molecule has 0 N–H and O–H groups in total. The van der Waals surface area contributed by atoms with Crippen LogP contribution in [0, 0.1) is 6.92 Å². The minimum absolute atomic E-state index is 0. The predicted molar refractivity (Wildman–Crippen MR) is 21.0 cm³/mol. The molecule has 0 fully saturated rings. The van der Waals surface area contributed by atoms with Crippen molar-refractivity contribution in [3.8, 4) is 0 Å². The van der Waals surface area contributed by atoms with Gasteiger partial charge in [-0.25, -0.2) is 0 Å². The Hall–Kier alpha value is 1.25. The van der Waals surface area contributed by atoms with E-state index in [1.54, 1.807) is 6.92 Å². The number of hydrogen-bond donors (Lipinski definition) is 0. The fourth-order valence-corrected chi connectivity index (χ4v) is 0. The van der Waals surface area contributed by atoms with Crippen LogP contribution in [-0.2, 0) is 21.7 Å². The third kappa shape index (κ3) is 10.5. The molecule has 0 amide bonds. The van der Waals surface area contributed by atoms with Gasteiger partial charge in [0.1, 0.15) is 0 Å². The monoisotopic (exact) mass is 107 g/mol. The third-order valence-corrected chi connectivity index (χ3v) is 0. The van der Waals surface area contributed by atoms with Crippen LogP contribution in [0.1, 0.15) is 6.92 Å². The number of rotatable bonds is 0. The van der Waals surface area contributed by atoms with Crippen molar-refractivity contribution >= 4 is 17.4 Å². The van der Waals surface area contributed by atoms with E-state index in [1.165, 1.54) is 0 Å². The van der Waals surface area contributed by atoms with Gasteiger partial charge in [0.15, 0.2) is 17.4 Å². The van der Waals surface area contributed by atoms with Gasteiger partial charge in [0, 0.05) is 21.7 Å². The molecule has 0 rings (SSSR count). The molecule has 0 bridgehead atoms. The van der Waals surface area contributed by atoms with Gasteiger partial charge < -0.3 is 0 Å². The summed E-state index contributed by atoms with van der Waals surface area (Å²) in [6.07, 6.45) is 0. The van der Waals surface area contributed by atoms with Gasteiger partial charge in [-0.3, -0.25) is 0 Å². The van der Waals surface area contributed by atoms with E-state index in [1.807, 2.05) is 0 Å². The molecule has 0 saturated heterocycles. The number of hydrogen-bond acceptors (Lipinski definition) is 0. The van der Waals surface area contributed by atoms with Crippen LogP contribution in [0.4, 0.5) is 0 Å². The normalized spacial score (nSPS) is 1.50. The third-order valence-electron chi connectivity index (χ3n) is 0. The fourth-order valence-electron chi connectivity index (χ4n) is 0. The molecule has 0 saturated carbocycles. The second kappa shape index (κ2) is 28.8. The molecule has 0 heterocycles. The van der Waals surface area contributed by atoms with Gasteiger partial charge in [-0.15, -0.1) is 0 Å². The zero-order valence-corrected chi connectivity index (χ0v) is 3.77. The summed E-state index contributed by atoms with van der Waals surface area (Å²) in [5, 5.41) is 0. The van der Waals surface area contributed by atoms with Crippen LogP contribution in [0.15, 0.2) is 0 Å². The summed E-state index contributed by atoms with van der Waals surface area (Å²) in [5.41, 5.74) is 0. The summed E-state index contributed by atoms with van der Waals surface area (Å²) in [6.45, 7) is 5.00. The molecular formula is C2H8AlTi. The molecule has 0 aromatic heterocycles. The van der Waals surface area contributed by atoms with E-state index in [0.29, 0.717) is 0 Å². The molecule has 4 heavy (non-hydrogen) atoms. The van der Waals surface area contributed by atoms with Gasteiger partial charge in [0.05, 0.1) is 0 Å². The van der Waals surface area contributed by atoms with Gasteiger partial charge in [0.25, 0.3) is 0 Å². The van der Waals surface area contributed by atoms with E-state index in [-0.39, 0.29) is 39.1 Å². The summed E-state index contributed by atoms with van der Waals surface area (Å²) in [5.74, 6) is 0. The van der Waals surface area contributed by atoms with E-state index in [0.717, 1.165) is 0 Å². The first-order chi connectivity index (χ1) is 1.00. The molecule has 0 aromatic carbocycles. The van der Waals surface area contributed by atoms with E-state index in [4.69, 9.17) is 0 Å². The van der Waals surface area contributed by atoms with Crippen molar-refractivity contribution in [2.45, 2.75) is 6.92 Å². The predicted octanol–water partition coefficient (Wildman–Crippen LogP) is -0.346. The average molecular weight is 107 g/mol. The van der Waals surface area contributed by atoms with Gasteiger partial charge >= 0.3 is 0 Å². The fraction of sp³-hybridized carbons (Fsp3) is 0.500. The molecule has 23 valence electrons. The van der Waals surface area contributed by atoms with Crippen LogP contribution in [0.25, 0.3) is 0 Å². The van der Waals surface area contributed by atoms with E-state index >= 15 is 0 Å². The van der Waals surface area contributed by atoms with E-state index < -0.39 is 0 Å². The molecule has 0 aromatic rings. The van der Waals surface area contributed by atoms with Crippen molar-refractivity contribution in [3.63, 3.8) is 0 Å². The molecule has 0 aliphatic rings. The van der Waals surface area contributed by atoms with E-state index in [2.05, 4.69) is 6.92 Å². The topological polar surface area (TPSA) is 0 Å². The largest absolute Gasteiger partial charge is 0.187 e. The average Bonchev–Trinajstić information content (AvgIpc) is 1.00. The smallest absolute Gasteiger partial charge is 0.0654 e. The summed E-state index contributed by atoms with van der Waals surface area (Å²) >= 11 is 0. The second-order valence-corrected chi connectivity index (χ2v) is 0. The van der Waals surface area contributed by atoms with Gasteiger partial charge in [0.2, 0.25) is 0 Å². The molecule has 0 spiro atoms. The van der Waals surface area contributed by atoms with Crippen molar-refractivity contribution in [2.75, 3.05) is 0 Å². The molecule has 0 aliphatic carbocycles. The van der Waals surface area contributed by atoms with Gasteiger partial charge in [-0.2, -0.15) is 0 Å². The van der Waals surface area contributed by atoms with Crippen LogP contribution >= 0.6 is 0 Å². The van der Waals surface area contributed by atoms with Crippen molar-refractivity contribution in [2.24, 2.45) is 0 Å². The minimum Gasteiger partial charge on any atom is -0.0654 e. The molecule has 0 nitrogen and oxygen atoms in total. The Bertz CT molecular complexity index is 6.00. The molecule has 2 heteroatoms. The van der Waals surface area contributed by atoms with Gasteiger partial charge in [-0.1, -0.05) is 13.8 Å². The van der Waals surface area contributed by atoms with Crippen molar-refractivity contribution < 1.29 is 21.7 Å². The molecule has 0 aliphatic heterocycles. The van der Waals surface area contributed by atoms with Crippen LogP contribution in [-0.4, -0.2) is 17.4 Å². The Morgan fingerprint density at radius 1 is 1.25 bits per heavy atom. The Morgan fingerprint density at radius 2 is 1.25 bits per heavy atom. The first-order valence-electron chi connectivity index (χ1n) is 0.707. The zero-order chi connectivity index (χ0) is 2.00. The summed E-state index contributed by atoms with van der Waals surface area (Å²) in [7, 11) is 0. The standard InChI is InChI=1S/C2H5.Al.Ti.3H/c1-2;;;;;/h1H2,2H3;;;;;. The summed E-state index contributed by atoms with van der Waals surface area (Å²) in [4.78, 5) is 0. The first kappa shape index (κ1) is 18.7. The van der Waals surface area contributed by atoms with Crippen molar-refractivity contribution in [1.29, 1.82) is 0 Å². The van der Waals surface area contributed by atoms with Crippen LogP contribution in [0.2, 0.25) is 0 Å². The molecular weight excluding hydrogens is 98.9 g/mol. The minimum atomic E-state index is 0. The van der Waals surface area contributed by atoms with Crippen LogP contribution in [0.3, 0.4) is 0 Å². The maximum absolute atomic E-state index is 3.25. The quantitative estimate of drug-likeness (QED) is 0.371. The molecule has 1 radical (unpaired) electrons. The Morgan fingerprint density at radius 3 is 1.25 bits per heavy atom. The van der Waals surface area contributed by atoms with Gasteiger partial charge in [-0.05, 0) is 0 Å². The maximum atomic E-state index is 3.25. The zero-order valence-electron chi connectivity index (χ0n) is 2.21. The van der Waals surface area contributed by atoms with E-state index in [9.17, 15) is 0 Å². The Labute approximate surface area is 53.0 Å². The van der Waals surface area contributed by atoms with Crippen molar-refractivity contribution in [1.82, 2.24) is 0 Å². The molecule has 0 unspecified atom stereocenters. The first-order valence-corrected chi connectivity index (χ1v) is 0.707. The Kier molecular flexibility index (Phi) is 135. The van der Waals surface area contributed by atoms with Crippen LogP contribution in [0.5, 0.6) is 0 Å².